The van der Waals surface area contributed by atoms with Crippen molar-refractivity contribution in [3.05, 3.63) is 340 Å². The van der Waals surface area contributed by atoms with Crippen molar-refractivity contribution < 1.29 is 0 Å². The second-order valence-corrected chi connectivity index (χ2v) is 23.5. The Morgan fingerprint density at radius 2 is 0.182 bits per heavy atom. The molecular weight excluding hydrogens is 1060 g/mol. The monoisotopic (exact) mass is 1110 g/mol. The largest absolute Gasteiger partial charge is 0.0616 e. The summed E-state index contributed by atoms with van der Waals surface area (Å²) < 4.78 is 0. The molecule has 0 aliphatic heterocycles. The molecular formula is C88H56. The van der Waals surface area contributed by atoms with Gasteiger partial charge in [-0.3, -0.25) is 0 Å². The summed E-state index contributed by atoms with van der Waals surface area (Å²) in [6, 6.07) is 123. The third-order valence-corrected chi connectivity index (χ3v) is 18.4. The fraction of sp³-hybridized carbons (Fsp3) is 0. The van der Waals surface area contributed by atoms with E-state index in [1.54, 1.807) is 0 Å². The Bertz CT molecular complexity index is 5050. The first-order chi connectivity index (χ1) is 43.6. The van der Waals surface area contributed by atoms with Gasteiger partial charge in [0.05, 0.1) is 0 Å². The van der Waals surface area contributed by atoms with Crippen molar-refractivity contribution in [3.8, 4) is 0 Å². The molecule has 0 spiro atoms. The molecule has 0 fully saturated rings. The van der Waals surface area contributed by atoms with Gasteiger partial charge in [0, 0.05) is 0 Å². The second kappa shape index (κ2) is 21.3. The van der Waals surface area contributed by atoms with Gasteiger partial charge in [-0.25, -0.2) is 0 Å². The van der Waals surface area contributed by atoms with Crippen LogP contribution in [-0.4, -0.2) is 0 Å². The average molecular weight is 1110 g/mol. The molecule has 0 atom stereocenters. The van der Waals surface area contributed by atoms with E-state index in [0.717, 1.165) is 0 Å². The van der Waals surface area contributed by atoms with E-state index in [0.29, 0.717) is 0 Å². The van der Waals surface area contributed by atoms with Crippen LogP contribution in [0.4, 0.5) is 0 Å². The summed E-state index contributed by atoms with van der Waals surface area (Å²) in [7, 11) is 0. The van der Waals surface area contributed by atoms with Crippen LogP contribution < -0.4 is 0 Å². The smallest absolute Gasteiger partial charge is 0.00990 e. The van der Waals surface area contributed by atoms with Crippen LogP contribution in [0.3, 0.4) is 0 Å². The first-order valence-electron chi connectivity index (χ1n) is 30.5. The third kappa shape index (κ3) is 8.93. The molecule has 88 heavy (non-hydrogen) atoms. The van der Waals surface area contributed by atoms with Gasteiger partial charge < -0.3 is 0 Å². The third-order valence-electron chi connectivity index (χ3n) is 18.4. The molecule has 0 nitrogen and oxygen atoms in total. The summed E-state index contributed by atoms with van der Waals surface area (Å²) >= 11 is 0. The zero-order valence-corrected chi connectivity index (χ0v) is 48.3. The molecule has 0 saturated carbocycles. The Hall–Kier alpha value is -11.4. The zero-order chi connectivity index (χ0) is 58.1. The van der Waals surface area contributed by atoms with E-state index in [2.05, 4.69) is 340 Å². The molecule has 0 amide bonds. The fourth-order valence-corrected chi connectivity index (χ4v) is 14.0. The van der Waals surface area contributed by atoms with Gasteiger partial charge in [0.25, 0.3) is 0 Å². The highest BCUT2D eigenvalue weighted by atomic mass is 14.1. The van der Waals surface area contributed by atoms with E-state index in [4.69, 9.17) is 0 Å². The summed E-state index contributed by atoms with van der Waals surface area (Å²) in [5, 5.41) is 42.2. The van der Waals surface area contributed by atoms with E-state index in [1.807, 2.05) is 0 Å². The highest BCUT2D eigenvalue weighted by molar-refractivity contribution is 6.21. The van der Waals surface area contributed by atoms with Crippen LogP contribution in [0.2, 0.25) is 0 Å². The topological polar surface area (TPSA) is 0 Å². The molecule has 0 heteroatoms. The van der Waals surface area contributed by atoms with Crippen LogP contribution in [0, 0.1) is 0 Å². The van der Waals surface area contributed by atoms with Gasteiger partial charge in [-0.2, -0.15) is 0 Å². The number of benzene rings is 20. The van der Waals surface area contributed by atoms with Crippen LogP contribution in [0.5, 0.6) is 0 Å². The lowest BCUT2D eigenvalue weighted by molar-refractivity contribution is 1.78. The molecule has 0 N–H and O–H groups in total. The van der Waals surface area contributed by atoms with Crippen molar-refractivity contribution in [3.63, 3.8) is 0 Å². The van der Waals surface area contributed by atoms with Crippen molar-refractivity contribution in [2.45, 2.75) is 0 Å². The van der Waals surface area contributed by atoms with E-state index >= 15 is 0 Å². The van der Waals surface area contributed by atoms with Gasteiger partial charge in [0.15, 0.2) is 0 Å². The molecule has 0 aliphatic rings. The number of rotatable bonds is 0. The van der Waals surface area contributed by atoms with Crippen LogP contribution in [0.15, 0.2) is 340 Å². The Balaban J connectivity index is 0.0000000910. The summed E-state index contributed by atoms with van der Waals surface area (Å²) in [4.78, 5) is 0. The van der Waals surface area contributed by atoms with Crippen LogP contribution in [0.25, 0.3) is 172 Å². The van der Waals surface area contributed by atoms with Crippen molar-refractivity contribution >= 4 is 172 Å². The minimum atomic E-state index is 1.30. The number of hydrogen-bond donors (Lipinski definition) is 0. The van der Waals surface area contributed by atoms with Gasteiger partial charge in [0.1, 0.15) is 0 Å². The summed E-state index contributed by atoms with van der Waals surface area (Å²) in [5.74, 6) is 0. The zero-order valence-electron chi connectivity index (χ0n) is 48.3. The lowest BCUT2D eigenvalue weighted by Gasteiger charge is -2.08. The fourth-order valence-electron chi connectivity index (χ4n) is 14.0. The van der Waals surface area contributed by atoms with Crippen LogP contribution in [0.1, 0.15) is 0 Å². The van der Waals surface area contributed by atoms with Gasteiger partial charge in [-0.05, 0) is 221 Å². The maximum Gasteiger partial charge on any atom is -0.00990 e. The molecule has 0 saturated heterocycles. The number of fused-ring (bicyclic) bond motifs is 24. The SMILES string of the molecule is c1ccc2c(c1)ccc1cc3c(ccc4ccccc43)cc12.c1ccc2c(c1)ccc1cc3c(ccc4ccccc43)cc12.c1ccc2c(c1)ccc1cc3c(ccc4ccccc43)cc12.c1ccc2c(c1)ccc1cc3c(ccc4ccccc43)cc12. The van der Waals surface area contributed by atoms with Crippen molar-refractivity contribution in [1.29, 1.82) is 0 Å². The maximum atomic E-state index is 2.33. The van der Waals surface area contributed by atoms with Crippen LogP contribution in [-0.2, 0) is 0 Å². The molecule has 0 bridgehead atoms. The highest BCUT2D eigenvalue weighted by Gasteiger charge is 2.10. The average Bonchev–Trinajstić information content (AvgIpc) is 1.46. The Morgan fingerprint density at radius 3 is 0.307 bits per heavy atom. The molecule has 20 rings (SSSR count). The summed E-state index contributed by atoms with van der Waals surface area (Å²) in [6.07, 6.45) is 0. The van der Waals surface area contributed by atoms with Gasteiger partial charge in [-0.15, -0.1) is 0 Å². The standard InChI is InChI=1S/4C22H14/c4*1-3-7-19-15(5-1)9-11-17-14-22-18(13-21(17)19)12-10-16-6-2-4-8-20(16)22/h4*1-14H. The first kappa shape index (κ1) is 51.0. The predicted octanol–water partition coefficient (Wildman–Crippen LogP) is 25.2. The molecule has 408 valence electrons. The van der Waals surface area contributed by atoms with E-state index in [1.165, 1.54) is 172 Å². The highest BCUT2D eigenvalue weighted by Crippen LogP contribution is 2.38. The van der Waals surface area contributed by atoms with Gasteiger partial charge >= 0.3 is 0 Å². The molecule has 0 heterocycles. The maximum absolute atomic E-state index is 2.33. The normalized spacial score (nSPS) is 11.6. The van der Waals surface area contributed by atoms with Gasteiger partial charge in [0.2, 0.25) is 0 Å². The lowest BCUT2D eigenvalue weighted by Crippen LogP contribution is -1.81. The van der Waals surface area contributed by atoms with E-state index in [9.17, 15) is 0 Å². The number of hydrogen-bond acceptors (Lipinski definition) is 0. The molecule has 20 aromatic rings. The minimum Gasteiger partial charge on any atom is -0.0616 e. The van der Waals surface area contributed by atoms with Crippen LogP contribution >= 0.6 is 0 Å². The van der Waals surface area contributed by atoms with E-state index in [-0.39, 0.29) is 0 Å². The molecule has 0 radical (unpaired) electrons. The van der Waals surface area contributed by atoms with Crippen molar-refractivity contribution in [1.82, 2.24) is 0 Å². The molecule has 0 aromatic heterocycles. The summed E-state index contributed by atoms with van der Waals surface area (Å²) in [6.45, 7) is 0. The van der Waals surface area contributed by atoms with Gasteiger partial charge in [-0.1, -0.05) is 291 Å². The van der Waals surface area contributed by atoms with Crippen molar-refractivity contribution in [2.75, 3.05) is 0 Å². The minimum absolute atomic E-state index is 1.30. The quantitative estimate of drug-likeness (QED) is 0.105. The Morgan fingerprint density at radius 1 is 0.0795 bits per heavy atom. The molecule has 0 unspecified atom stereocenters. The first-order valence-corrected chi connectivity index (χ1v) is 30.5. The second-order valence-electron chi connectivity index (χ2n) is 23.5. The van der Waals surface area contributed by atoms with Crippen molar-refractivity contribution in [2.24, 2.45) is 0 Å². The lowest BCUT2D eigenvalue weighted by atomic mass is 9.95. The van der Waals surface area contributed by atoms with E-state index < -0.39 is 0 Å². The molecule has 20 aromatic carbocycles. The summed E-state index contributed by atoms with van der Waals surface area (Å²) in [5.41, 5.74) is 0. The Kier molecular flexibility index (Phi) is 12.3. The predicted molar refractivity (Wildman–Crippen MR) is 386 cm³/mol. The Labute approximate surface area is 509 Å². The molecule has 0 aliphatic carbocycles.